The highest BCUT2D eigenvalue weighted by Gasteiger charge is 2.07. The van der Waals surface area contributed by atoms with Crippen LogP contribution in [0.3, 0.4) is 0 Å². The van der Waals surface area contributed by atoms with E-state index in [9.17, 15) is 9.18 Å². The van der Waals surface area contributed by atoms with Crippen LogP contribution < -0.4 is 0 Å². The topological polar surface area (TPSA) is 44.1 Å². The van der Waals surface area contributed by atoms with Crippen LogP contribution >= 0.6 is 0 Å². The Morgan fingerprint density at radius 2 is 2.00 bits per heavy atom. The van der Waals surface area contributed by atoms with E-state index in [0.717, 1.165) is 16.5 Å². The second kappa shape index (κ2) is 5.36. The quantitative estimate of drug-likeness (QED) is 0.694. The fraction of sp³-hybridized carbons (Fsp3) is 0.125. The first-order valence-electron chi connectivity index (χ1n) is 6.46. The Labute approximate surface area is 120 Å². The lowest BCUT2D eigenvalue weighted by Crippen LogP contribution is -2.04. The standard InChI is InChI=1S/C16H13FN2O2/c1-21-16(20)12-4-2-11(3-5-12)10-19-15-7-6-14(17)8-13(15)9-18-19/h2-9H,10H2,1H3. The Morgan fingerprint density at radius 3 is 2.71 bits per heavy atom. The van der Waals surface area contributed by atoms with Crippen molar-refractivity contribution in [2.75, 3.05) is 7.11 Å². The van der Waals surface area contributed by atoms with E-state index in [1.807, 2.05) is 12.1 Å². The van der Waals surface area contributed by atoms with Crippen molar-refractivity contribution in [3.63, 3.8) is 0 Å². The van der Waals surface area contributed by atoms with Gasteiger partial charge < -0.3 is 4.74 Å². The Balaban J connectivity index is 1.86. The van der Waals surface area contributed by atoms with Gasteiger partial charge in [-0.25, -0.2) is 9.18 Å². The van der Waals surface area contributed by atoms with Gasteiger partial charge in [0.05, 0.1) is 30.9 Å². The molecule has 0 radical (unpaired) electrons. The van der Waals surface area contributed by atoms with Crippen LogP contribution in [0.5, 0.6) is 0 Å². The maximum atomic E-state index is 13.1. The van der Waals surface area contributed by atoms with Crippen molar-refractivity contribution in [3.8, 4) is 0 Å². The summed E-state index contributed by atoms with van der Waals surface area (Å²) in [4.78, 5) is 11.4. The molecule has 106 valence electrons. The average molecular weight is 284 g/mol. The summed E-state index contributed by atoms with van der Waals surface area (Å²) in [7, 11) is 1.35. The Hall–Kier alpha value is -2.69. The van der Waals surface area contributed by atoms with Gasteiger partial charge >= 0.3 is 5.97 Å². The number of carbonyl (C=O) groups is 1. The van der Waals surface area contributed by atoms with Crippen LogP contribution in [0.1, 0.15) is 15.9 Å². The van der Waals surface area contributed by atoms with E-state index in [0.29, 0.717) is 12.1 Å². The molecule has 0 amide bonds. The van der Waals surface area contributed by atoms with Crippen LogP contribution in [0, 0.1) is 5.82 Å². The van der Waals surface area contributed by atoms with Gasteiger partial charge in [0.25, 0.3) is 0 Å². The maximum Gasteiger partial charge on any atom is 0.337 e. The number of halogens is 1. The lowest BCUT2D eigenvalue weighted by molar-refractivity contribution is 0.0600. The normalized spacial score (nSPS) is 10.8. The molecule has 5 heteroatoms. The number of carbonyl (C=O) groups excluding carboxylic acids is 1. The number of nitrogens with zero attached hydrogens (tertiary/aromatic N) is 2. The lowest BCUT2D eigenvalue weighted by atomic mass is 10.1. The zero-order valence-corrected chi connectivity index (χ0v) is 11.4. The molecule has 1 aromatic heterocycles. The molecule has 0 bridgehead atoms. The minimum Gasteiger partial charge on any atom is -0.465 e. The summed E-state index contributed by atoms with van der Waals surface area (Å²) >= 11 is 0. The van der Waals surface area contributed by atoms with E-state index >= 15 is 0 Å². The van der Waals surface area contributed by atoms with Crippen LogP contribution in [0.25, 0.3) is 10.9 Å². The Morgan fingerprint density at radius 1 is 1.24 bits per heavy atom. The van der Waals surface area contributed by atoms with Crippen LogP contribution in [0.2, 0.25) is 0 Å². The summed E-state index contributed by atoms with van der Waals surface area (Å²) in [5.74, 6) is -0.633. The van der Waals surface area contributed by atoms with E-state index < -0.39 is 0 Å². The summed E-state index contributed by atoms with van der Waals surface area (Å²) in [6.07, 6.45) is 1.64. The van der Waals surface area contributed by atoms with Crippen LogP contribution in [-0.2, 0) is 11.3 Å². The van der Waals surface area contributed by atoms with Crippen molar-refractivity contribution in [1.82, 2.24) is 9.78 Å². The van der Waals surface area contributed by atoms with Crippen molar-refractivity contribution < 1.29 is 13.9 Å². The van der Waals surface area contributed by atoms with Crippen molar-refractivity contribution in [3.05, 3.63) is 65.6 Å². The van der Waals surface area contributed by atoms with Gasteiger partial charge in [0.2, 0.25) is 0 Å². The number of rotatable bonds is 3. The van der Waals surface area contributed by atoms with Crippen molar-refractivity contribution in [2.24, 2.45) is 0 Å². The summed E-state index contributed by atoms with van der Waals surface area (Å²) in [6, 6.07) is 11.7. The highest BCUT2D eigenvalue weighted by atomic mass is 19.1. The number of aromatic nitrogens is 2. The molecule has 0 unspecified atom stereocenters. The number of benzene rings is 2. The SMILES string of the molecule is COC(=O)c1ccc(Cn2ncc3cc(F)ccc32)cc1. The van der Waals surface area contributed by atoms with Gasteiger partial charge in [0.1, 0.15) is 5.82 Å². The molecule has 0 aliphatic rings. The summed E-state index contributed by atoms with van der Waals surface area (Å²) in [6.45, 7) is 0.552. The number of fused-ring (bicyclic) bond motifs is 1. The summed E-state index contributed by atoms with van der Waals surface area (Å²) in [5.41, 5.74) is 2.37. The molecule has 1 heterocycles. The zero-order chi connectivity index (χ0) is 14.8. The van der Waals surface area contributed by atoms with Gasteiger partial charge in [0.15, 0.2) is 0 Å². The molecule has 0 fully saturated rings. The molecular weight excluding hydrogens is 271 g/mol. The smallest absolute Gasteiger partial charge is 0.337 e. The van der Waals surface area contributed by atoms with Gasteiger partial charge in [-0.15, -0.1) is 0 Å². The highest BCUT2D eigenvalue weighted by Crippen LogP contribution is 2.16. The fourth-order valence-electron chi connectivity index (χ4n) is 2.22. The van der Waals surface area contributed by atoms with Crippen molar-refractivity contribution >= 4 is 16.9 Å². The molecule has 0 aliphatic heterocycles. The first kappa shape index (κ1) is 13.3. The number of ether oxygens (including phenoxy) is 1. The van der Waals surface area contributed by atoms with E-state index in [-0.39, 0.29) is 11.8 Å². The second-order valence-electron chi connectivity index (χ2n) is 4.69. The molecule has 0 spiro atoms. The predicted octanol–water partition coefficient (Wildman–Crippen LogP) is 3.01. The van der Waals surface area contributed by atoms with Gasteiger partial charge in [-0.05, 0) is 35.9 Å². The highest BCUT2D eigenvalue weighted by molar-refractivity contribution is 5.89. The third-order valence-electron chi connectivity index (χ3n) is 3.31. The molecule has 4 nitrogen and oxygen atoms in total. The van der Waals surface area contributed by atoms with Gasteiger partial charge in [-0.1, -0.05) is 12.1 Å². The fourth-order valence-corrected chi connectivity index (χ4v) is 2.22. The van der Waals surface area contributed by atoms with Crippen LogP contribution in [0.15, 0.2) is 48.7 Å². The molecule has 3 aromatic rings. The summed E-state index contributed by atoms with van der Waals surface area (Å²) in [5, 5.41) is 5.03. The molecule has 0 N–H and O–H groups in total. The lowest BCUT2D eigenvalue weighted by Gasteiger charge is -2.05. The first-order valence-corrected chi connectivity index (χ1v) is 6.46. The van der Waals surface area contributed by atoms with E-state index in [2.05, 4.69) is 9.84 Å². The minimum atomic E-state index is -0.360. The van der Waals surface area contributed by atoms with Crippen molar-refractivity contribution in [1.29, 1.82) is 0 Å². The largest absolute Gasteiger partial charge is 0.465 e. The molecule has 0 saturated carbocycles. The van der Waals surface area contributed by atoms with Gasteiger partial charge in [-0.3, -0.25) is 4.68 Å². The number of esters is 1. The Bertz CT molecular complexity index is 794. The third-order valence-corrected chi connectivity index (χ3v) is 3.31. The van der Waals surface area contributed by atoms with Gasteiger partial charge in [-0.2, -0.15) is 5.10 Å². The van der Waals surface area contributed by atoms with E-state index in [4.69, 9.17) is 0 Å². The third kappa shape index (κ3) is 2.63. The summed E-state index contributed by atoms with van der Waals surface area (Å²) < 4.78 is 19.6. The zero-order valence-electron chi connectivity index (χ0n) is 11.4. The number of methoxy groups -OCH3 is 1. The molecular formula is C16H13FN2O2. The minimum absolute atomic E-state index is 0.274. The molecule has 21 heavy (non-hydrogen) atoms. The van der Waals surface area contributed by atoms with Gasteiger partial charge in [0, 0.05) is 5.39 Å². The molecule has 0 saturated heterocycles. The number of hydrogen-bond donors (Lipinski definition) is 0. The maximum absolute atomic E-state index is 13.1. The molecule has 3 rings (SSSR count). The first-order chi connectivity index (χ1) is 10.2. The van der Waals surface area contributed by atoms with E-state index in [1.165, 1.54) is 19.2 Å². The van der Waals surface area contributed by atoms with Crippen LogP contribution in [-0.4, -0.2) is 22.9 Å². The van der Waals surface area contributed by atoms with E-state index in [1.54, 1.807) is 29.1 Å². The predicted molar refractivity (Wildman–Crippen MR) is 76.6 cm³/mol. The number of hydrogen-bond acceptors (Lipinski definition) is 3. The van der Waals surface area contributed by atoms with Crippen LogP contribution in [0.4, 0.5) is 4.39 Å². The monoisotopic (exact) mass is 284 g/mol. The molecule has 2 aromatic carbocycles. The van der Waals surface area contributed by atoms with Crippen molar-refractivity contribution in [2.45, 2.75) is 6.54 Å². The molecule has 0 aliphatic carbocycles. The second-order valence-corrected chi connectivity index (χ2v) is 4.69. The molecule has 0 atom stereocenters. The Kier molecular flexibility index (Phi) is 3.39. The average Bonchev–Trinajstić information content (AvgIpc) is 2.89.